The van der Waals surface area contributed by atoms with Crippen molar-refractivity contribution in [3.63, 3.8) is 0 Å². The molecule has 1 amide bonds. The number of amides is 1. The third-order valence-corrected chi connectivity index (χ3v) is 3.17. The predicted molar refractivity (Wildman–Crippen MR) is 87.0 cm³/mol. The highest BCUT2D eigenvalue weighted by Crippen LogP contribution is 2.12. The van der Waals surface area contributed by atoms with Crippen molar-refractivity contribution in [3.8, 4) is 0 Å². The summed E-state index contributed by atoms with van der Waals surface area (Å²) >= 11 is 0. The third kappa shape index (κ3) is 4.25. The minimum atomic E-state index is -0.130. The molecular weight excluding hydrogens is 278 g/mol. The molecule has 0 unspecified atom stereocenters. The summed E-state index contributed by atoms with van der Waals surface area (Å²) in [5, 5.41) is 2.79. The molecule has 0 aromatic carbocycles. The zero-order valence-corrected chi connectivity index (χ0v) is 13.4. The highest BCUT2D eigenvalue weighted by atomic mass is 16.2. The average molecular weight is 299 g/mol. The Kier molecular flexibility index (Phi) is 5.04. The molecule has 0 saturated carbocycles. The highest BCUT2D eigenvalue weighted by Gasteiger charge is 2.11. The summed E-state index contributed by atoms with van der Waals surface area (Å²) < 4.78 is 0. The van der Waals surface area contributed by atoms with Crippen LogP contribution in [0, 0.1) is 13.8 Å². The molecule has 0 aliphatic rings. The van der Waals surface area contributed by atoms with Crippen LogP contribution < -0.4 is 10.2 Å². The molecule has 1 N–H and O–H groups in total. The van der Waals surface area contributed by atoms with Crippen molar-refractivity contribution in [1.29, 1.82) is 0 Å². The normalized spacial score (nSPS) is 10.4. The Balaban J connectivity index is 2.03. The Bertz CT molecular complexity index is 671. The first-order valence-electron chi connectivity index (χ1n) is 7.27. The molecule has 6 nitrogen and oxygen atoms in total. The molecule has 6 heteroatoms. The number of likely N-dealkylation sites (N-methyl/N-ethyl adjacent to an activating group) is 1. The highest BCUT2D eigenvalue weighted by molar-refractivity contribution is 5.93. The van der Waals surface area contributed by atoms with E-state index in [2.05, 4.69) is 20.3 Å². The zero-order chi connectivity index (χ0) is 16.1. The van der Waals surface area contributed by atoms with Crippen LogP contribution in [0.4, 0.5) is 11.6 Å². The van der Waals surface area contributed by atoms with Gasteiger partial charge >= 0.3 is 0 Å². The van der Waals surface area contributed by atoms with Crippen molar-refractivity contribution in [2.45, 2.75) is 27.2 Å². The van der Waals surface area contributed by atoms with Gasteiger partial charge < -0.3 is 10.2 Å². The molecule has 0 aliphatic carbocycles. The van der Waals surface area contributed by atoms with Crippen LogP contribution in [0.3, 0.4) is 0 Å². The first kappa shape index (κ1) is 15.9. The lowest BCUT2D eigenvalue weighted by Crippen LogP contribution is -2.31. The lowest BCUT2D eigenvalue weighted by molar-refractivity contribution is -0.114. The van der Waals surface area contributed by atoms with E-state index < -0.39 is 0 Å². The number of pyridine rings is 1. The van der Waals surface area contributed by atoms with Crippen LogP contribution in [0.1, 0.15) is 24.1 Å². The van der Waals surface area contributed by atoms with Crippen molar-refractivity contribution < 1.29 is 4.79 Å². The Morgan fingerprint density at radius 3 is 2.68 bits per heavy atom. The first-order valence-corrected chi connectivity index (χ1v) is 7.27. The second kappa shape index (κ2) is 6.98. The number of carbonyl (C=O) groups is 1. The second-order valence-electron chi connectivity index (χ2n) is 5.19. The van der Waals surface area contributed by atoms with Crippen LogP contribution in [0.2, 0.25) is 0 Å². The van der Waals surface area contributed by atoms with Gasteiger partial charge in [0.2, 0.25) is 5.91 Å². The lowest BCUT2D eigenvalue weighted by Gasteiger charge is -2.18. The van der Waals surface area contributed by atoms with Gasteiger partial charge in [0.25, 0.3) is 0 Å². The topological polar surface area (TPSA) is 71.0 Å². The number of hydrogen-bond acceptors (Lipinski definition) is 5. The van der Waals surface area contributed by atoms with Gasteiger partial charge in [-0.2, -0.15) is 0 Å². The van der Waals surface area contributed by atoms with E-state index in [1.54, 1.807) is 11.0 Å². The van der Waals surface area contributed by atoms with Crippen LogP contribution in [0.25, 0.3) is 0 Å². The van der Waals surface area contributed by atoms with Crippen LogP contribution in [0.5, 0.6) is 0 Å². The van der Waals surface area contributed by atoms with E-state index in [1.165, 1.54) is 0 Å². The number of rotatable bonds is 5. The quantitative estimate of drug-likeness (QED) is 0.915. The molecule has 2 rings (SSSR count). The standard InChI is InChI=1S/C16H21N5O/c1-5-13-9-15(19-12(3)18-13)21(4)10-16(22)20-14-8-6-7-11(2)17-14/h6-9H,5,10H2,1-4H3,(H,17,20,22). The Hall–Kier alpha value is -2.50. The van der Waals surface area contributed by atoms with E-state index in [1.807, 2.05) is 46.0 Å². The monoisotopic (exact) mass is 299 g/mol. The average Bonchev–Trinajstić information content (AvgIpc) is 2.46. The number of aromatic nitrogens is 3. The SMILES string of the molecule is CCc1cc(N(C)CC(=O)Nc2cccc(C)n2)nc(C)n1. The molecular formula is C16H21N5O. The molecule has 0 spiro atoms. The van der Waals surface area contributed by atoms with Gasteiger partial charge in [-0.15, -0.1) is 0 Å². The van der Waals surface area contributed by atoms with Gasteiger partial charge in [0.1, 0.15) is 17.5 Å². The summed E-state index contributed by atoms with van der Waals surface area (Å²) in [6.07, 6.45) is 0.837. The number of carbonyl (C=O) groups excluding carboxylic acids is 1. The maximum atomic E-state index is 12.1. The van der Waals surface area contributed by atoms with E-state index in [0.29, 0.717) is 11.6 Å². The smallest absolute Gasteiger partial charge is 0.245 e. The molecule has 0 aliphatic heterocycles. The van der Waals surface area contributed by atoms with Crippen LogP contribution in [-0.4, -0.2) is 34.5 Å². The Labute approximate surface area is 130 Å². The molecule has 0 bridgehead atoms. The van der Waals surface area contributed by atoms with Crippen molar-refractivity contribution in [1.82, 2.24) is 15.0 Å². The van der Waals surface area contributed by atoms with Gasteiger partial charge in [-0.05, 0) is 32.4 Å². The van der Waals surface area contributed by atoms with Crippen molar-refractivity contribution in [2.24, 2.45) is 0 Å². The largest absolute Gasteiger partial charge is 0.350 e. The lowest BCUT2D eigenvalue weighted by atomic mass is 10.3. The first-order chi connectivity index (χ1) is 10.5. The van der Waals surface area contributed by atoms with Gasteiger partial charge in [0.05, 0.1) is 6.54 Å². The van der Waals surface area contributed by atoms with Crippen LogP contribution in [-0.2, 0) is 11.2 Å². The maximum Gasteiger partial charge on any atom is 0.245 e. The summed E-state index contributed by atoms with van der Waals surface area (Å²) in [5.41, 5.74) is 1.83. The number of hydrogen-bond donors (Lipinski definition) is 1. The van der Waals surface area contributed by atoms with E-state index in [4.69, 9.17) is 0 Å². The molecule has 0 fully saturated rings. The summed E-state index contributed by atoms with van der Waals surface area (Å²) in [5.74, 6) is 1.89. The maximum absolute atomic E-state index is 12.1. The van der Waals surface area contributed by atoms with Crippen molar-refractivity contribution >= 4 is 17.5 Å². The van der Waals surface area contributed by atoms with E-state index in [-0.39, 0.29) is 12.5 Å². The molecule has 116 valence electrons. The number of anilines is 2. The molecule has 2 heterocycles. The number of nitrogens with zero attached hydrogens (tertiary/aromatic N) is 4. The summed E-state index contributed by atoms with van der Waals surface area (Å²) in [6.45, 7) is 5.99. The minimum absolute atomic E-state index is 0.130. The summed E-state index contributed by atoms with van der Waals surface area (Å²) in [7, 11) is 1.84. The van der Waals surface area contributed by atoms with Gasteiger partial charge in [0, 0.05) is 24.5 Å². The predicted octanol–water partition coefficient (Wildman–Crippen LogP) is 2.13. The van der Waals surface area contributed by atoms with E-state index in [9.17, 15) is 4.79 Å². The minimum Gasteiger partial charge on any atom is -0.350 e. The molecule has 22 heavy (non-hydrogen) atoms. The number of nitrogens with one attached hydrogen (secondary N) is 1. The molecule has 0 atom stereocenters. The fraction of sp³-hybridized carbons (Fsp3) is 0.375. The summed E-state index contributed by atoms with van der Waals surface area (Å²) in [6, 6.07) is 7.43. The van der Waals surface area contributed by atoms with Crippen LogP contribution in [0.15, 0.2) is 24.3 Å². The Morgan fingerprint density at radius 1 is 1.23 bits per heavy atom. The Morgan fingerprint density at radius 2 is 2.00 bits per heavy atom. The van der Waals surface area contributed by atoms with Gasteiger partial charge in [-0.1, -0.05) is 13.0 Å². The molecule has 2 aromatic heterocycles. The second-order valence-corrected chi connectivity index (χ2v) is 5.19. The summed E-state index contributed by atoms with van der Waals surface area (Å²) in [4.78, 5) is 26.9. The number of aryl methyl sites for hydroxylation is 3. The zero-order valence-electron chi connectivity index (χ0n) is 13.4. The van der Waals surface area contributed by atoms with Crippen molar-refractivity contribution in [2.75, 3.05) is 23.8 Å². The fourth-order valence-electron chi connectivity index (χ4n) is 2.08. The molecule has 0 radical (unpaired) electrons. The molecule has 2 aromatic rings. The van der Waals surface area contributed by atoms with Gasteiger partial charge in [-0.25, -0.2) is 15.0 Å². The van der Waals surface area contributed by atoms with E-state index in [0.717, 1.165) is 23.6 Å². The molecule has 0 saturated heterocycles. The van der Waals surface area contributed by atoms with Gasteiger partial charge in [-0.3, -0.25) is 4.79 Å². The van der Waals surface area contributed by atoms with Gasteiger partial charge in [0.15, 0.2) is 0 Å². The van der Waals surface area contributed by atoms with E-state index >= 15 is 0 Å². The third-order valence-electron chi connectivity index (χ3n) is 3.17. The van der Waals surface area contributed by atoms with Crippen molar-refractivity contribution in [3.05, 3.63) is 41.5 Å². The van der Waals surface area contributed by atoms with Crippen LogP contribution >= 0.6 is 0 Å². The fourth-order valence-corrected chi connectivity index (χ4v) is 2.08.